The topological polar surface area (TPSA) is 116 Å². The van der Waals surface area contributed by atoms with Crippen molar-refractivity contribution in [1.29, 1.82) is 0 Å². The monoisotopic (exact) mass is 342 g/mol. The van der Waals surface area contributed by atoms with E-state index in [1.807, 2.05) is 16.8 Å². The minimum absolute atomic E-state index is 0.327. The third kappa shape index (κ3) is 2.86. The van der Waals surface area contributed by atoms with Crippen LogP contribution in [0, 0.1) is 23.7 Å². The standard InChI is InChI=1S/C18H22N4O3/c19-21-18-11-6-8-22(13(11)5-7-20-18)14-9-12(16(24)17(14)25)15(23)4-3-10-1-2-10/h6-8,10,12,14-17,23-25H,1-2,5,9,19H2/b21-18+/t12-,14-,15-,16-,17+/m1/s1. The molecule has 0 amide bonds. The summed E-state index contributed by atoms with van der Waals surface area (Å²) in [7, 11) is 0. The molecular weight excluding hydrogens is 320 g/mol. The van der Waals surface area contributed by atoms with Gasteiger partial charge >= 0.3 is 0 Å². The van der Waals surface area contributed by atoms with E-state index in [-0.39, 0.29) is 6.04 Å². The Morgan fingerprint density at radius 2 is 2.12 bits per heavy atom. The number of aliphatic hydroxyl groups excluding tert-OH is 3. The van der Waals surface area contributed by atoms with E-state index in [0.717, 1.165) is 24.1 Å². The number of hydrogen-bond acceptors (Lipinski definition) is 5. The summed E-state index contributed by atoms with van der Waals surface area (Å²) < 4.78 is 1.95. The Morgan fingerprint density at radius 1 is 1.32 bits per heavy atom. The van der Waals surface area contributed by atoms with Gasteiger partial charge in [-0.15, -0.1) is 0 Å². The Morgan fingerprint density at radius 3 is 2.84 bits per heavy atom. The van der Waals surface area contributed by atoms with E-state index in [1.165, 1.54) is 0 Å². The van der Waals surface area contributed by atoms with Crippen LogP contribution < -0.4 is 5.84 Å². The molecule has 5 N–H and O–H groups in total. The molecule has 2 aliphatic carbocycles. The fourth-order valence-electron chi connectivity index (χ4n) is 3.77. The molecule has 1 aromatic rings. The van der Waals surface area contributed by atoms with Gasteiger partial charge in [-0.3, -0.25) is 0 Å². The van der Waals surface area contributed by atoms with E-state index in [0.29, 0.717) is 24.6 Å². The molecule has 2 heterocycles. The molecule has 0 bridgehead atoms. The number of hydrazone groups is 1. The Balaban J connectivity index is 1.58. The zero-order chi connectivity index (χ0) is 17.6. The van der Waals surface area contributed by atoms with Gasteiger partial charge in [-0.05, 0) is 25.3 Å². The smallest absolute Gasteiger partial charge is 0.180 e. The molecule has 1 aromatic heterocycles. The van der Waals surface area contributed by atoms with Gasteiger partial charge in [0.05, 0.1) is 12.1 Å². The summed E-state index contributed by atoms with van der Waals surface area (Å²) in [6, 6.07) is 1.54. The van der Waals surface area contributed by atoms with E-state index in [2.05, 4.69) is 21.9 Å². The van der Waals surface area contributed by atoms with Crippen molar-refractivity contribution in [2.75, 3.05) is 0 Å². The minimum Gasteiger partial charge on any atom is -0.390 e. The Hall–Kier alpha value is -2.14. The van der Waals surface area contributed by atoms with Crippen molar-refractivity contribution < 1.29 is 15.3 Å². The van der Waals surface area contributed by atoms with Gasteiger partial charge in [-0.1, -0.05) is 11.8 Å². The average molecular weight is 342 g/mol. The molecule has 0 aromatic carbocycles. The van der Waals surface area contributed by atoms with E-state index < -0.39 is 24.2 Å². The predicted octanol–water partition coefficient (Wildman–Crippen LogP) is -0.208. The lowest BCUT2D eigenvalue weighted by atomic mass is 9.98. The van der Waals surface area contributed by atoms with Crippen LogP contribution in [0.2, 0.25) is 0 Å². The summed E-state index contributed by atoms with van der Waals surface area (Å²) in [6.07, 6.45) is 3.92. The lowest BCUT2D eigenvalue weighted by Crippen LogP contribution is -2.33. The minimum atomic E-state index is -1.01. The zero-order valence-electron chi connectivity index (χ0n) is 13.8. The first-order valence-corrected chi connectivity index (χ1v) is 8.66. The molecule has 0 saturated heterocycles. The number of aliphatic hydroxyl groups is 3. The van der Waals surface area contributed by atoms with Gasteiger partial charge in [-0.2, -0.15) is 5.10 Å². The molecule has 1 aliphatic heterocycles. The first kappa shape index (κ1) is 16.3. The largest absolute Gasteiger partial charge is 0.390 e. The van der Waals surface area contributed by atoms with Gasteiger partial charge in [0, 0.05) is 41.9 Å². The van der Waals surface area contributed by atoms with Crippen LogP contribution in [-0.2, 0) is 6.42 Å². The highest BCUT2D eigenvalue weighted by atomic mass is 16.3. The quantitative estimate of drug-likeness (QED) is 0.338. The summed E-state index contributed by atoms with van der Waals surface area (Å²) in [5.74, 6) is 11.6. The molecule has 132 valence electrons. The molecule has 0 radical (unpaired) electrons. The third-order valence-corrected chi connectivity index (χ3v) is 5.36. The van der Waals surface area contributed by atoms with Gasteiger partial charge in [0.2, 0.25) is 0 Å². The van der Waals surface area contributed by atoms with Crippen molar-refractivity contribution in [3.05, 3.63) is 23.5 Å². The average Bonchev–Trinajstić information content (AvgIpc) is 3.29. The molecule has 25 heavy (non-hydrogen) atoms. The summed E-state index contributed by atoms with van der Waals surface area (Å²) >= 11 is 0. The van der Waals surface area contributed by atoms with Crippen molar-refractivity contribution in [3.8, 4) is 11.8 Å². The number of hydrogen-bond donors (Lipinski definition) is 4. The fraction of sp³-hybridized carbons (Fsp3) is 0.556. The number of amidine groups is 1. The molecule has 0 unspecified atom stereocenters. The number of nitrogens with zero attached hydrogens (tertiary/aromatic N) is 3. The first-order valence-electron chi connectivity index (χ1n) is 8.66. The zero-order valence-corrected chi connectivity index (χ0v) is 13.8. The van der Waals surface area contributed by atoms with E-state index >= 15 is 0 Å². The van der Waals surface area contributed by atoms with E-state index in [1.54, 1.807) is 6.21 Å². The van der Waals surface area contributed by atoms with Crippen LogP contribution in [-0.4, -0.2) is 50.2 Å². The molecular formula is C18H22N4O3. The molecule has 0 spiro atoms. The normalized spacial score (nSPS) is 33.8. The maximum atomic E-state index is 10.5. The summed E-state index contributed by atoms with van der Waals surface area (Å²) in [4.78, 5) is 4.17. The van der Waals surface area contributed by atoms with E-state index in [9.17, 15) is 15.3 Å². The number of nitrogens with two attached hydrogens (primary N) is 1. The lowest BCUT2D eigenvalue weighted by Gasteiger charge is -2.22. The second-order valence-electron chi connectivity index (χ2n) is 7.01. The Labute approximate surface area is 145 Å². The highest BCUT2D eigenvalue weighted by Gasteiger charge is 2.45. The molecule has 7 nitrogen and oxygen atoms in total. The van der Waals surface area contributed by atoms with Crippen molar-refractivity contribution in [3.63, 3.8) is 0 Å². The SMILES string of the molecule is N/N=C1/N=CCc2c1ccn2[C@@H]1C[C@H]([C@H](O)C#CC2CC2)[C@@H](O)[C@H]1O. The van der Waals surface area contributed by atoms with Crippen LogP contribution in [0.5, 0.6) is 0 Å². The molecule has 5 atom stereocenters. The maximum Gasteiger partial charge on any atom is 0.180 e. The first-order chi connectivity index (χ1) is 12.1. The highest BCUT2D eigenvalue weighted by molar-refractivity contribution is 6.06. The van der Waals surface area contributed by atoms with E-state index in [4.69, 9.17) is 5.84 Å². The molecule has 2 saturated carbocycles. The number of aromatic nitrogens is 1. The van der Waals surface area contributed by atoms with Crippen LogP contribution in [0.1, 0.15) is 36.6 Å². The van der Waals surface area contributed by atoms with Gasteiger partial charge in [-0.25, -0.2) is 4.99 Å². The van der Waals surface area contributed by atoms with Crippen LogP contribution in [0.25, 0.3) is 0 Å². The molecule has 2 fully saturated rings. The highest BCUT2D eigenvalue weighted by Crippen LogP contribution is 2.39. The van der Waals surface area contributed by atoms with Gasteiger partial charge in [0.15, 0.2) is 5.84 Å². The summed E-state index contributed by atoms with van der Waals surface area (Å²) in [5.41, 5.74) is 1.79. The Bertz CT molecular complexity index is 784. The maximum absolute atomic E-state index is 10.5. The summed E-state index contributed by atoms with van der Waals surface area (Å²) in [5, 5.41) is 35.0. The van der Waals surface area contributed by atoms with Crippen LogP contribution >= 0.6 is 0 Å². The van der Waals surface area contributed by atoms with Crippen molar-refractivity contribution in [2.24, 2.45) is 27.8 Å². The lowest BCUT2D eigenvalue weighted by molar-refractivity contribution is -0.0142. The van der Waals surface area contributed by atoms with Crippen LogP contribution in [0.15, 0.2) is 22.4 Å². The van der Waals surface area contributed by atoms with Crippen molar-refractivity contribution in [1.82, 2.24) is 4.57 Å². The van der Waals surface area contributed by atoms with Crippen molar-refractivity contribution >= 4 is 12.1 Å². The van der Waals surface area contributed by atoms with Gasteiger partial charge in [0.1, 0.15) is 12.2 Å². The number of rotatable bonds is 2. The van der Waals surface area contributed by atoms with Crippen molar-refractivity contribution in [2.45, 2.75) is 50.0 Å². The summed E-state index contributed by atoms with van der Waals surface area (Å²) in [6.45, 7) is 0. The second-order valence-corrected chi connectivity index (χ2v) is 7.01. The Kier molecular flexibility index (Phi) is 4.12. The molecule has 7 heteroatoms. The number of fused-ring (bicyclic) bond motifs is 1. The second kappa shape index (κ2) is 6.30. The number of aliphatic imine (C=N–C) groups is 1. The molecule has 4 rings (SSSR count). The van der Waals surface area contributed by atoms with Crippen LogP contribution in [0.4, 0.5) is 0 Å². The molecule has 3 aliphatic rings. The predicted molar refractivity (Wildman–Crippen MR) is 93.0 cm³/mol. The van der Waals surface area contributed by atoms with Crippen LogP contribution in [0.3, 0.4) is 0 Å². The third-order valence-electron chi connectivity index (χ3n) is 5.36. The fourth-order valence-corrected chi connectivity index (χ4v) is 3.77. The van der Waals surface area contributed by atoms with Gasteiger partial charge in [0.25, 0.3) is 0 Å². The van der Waals surface area contributed by atoms with Gasteiger partial charge < -0.3 is 25.7 Å².